The van der Waals surface area contributed by atoms with Crippen LogP contribution in [0.4, 0.5) is 4.39 Å². The Morgan fingerprint density at radius 2 is 1.95 bits per heavy atom. The molecule has 0 aliphatic carbocycles. The van der Waals surface area contributed by atoms with E-state index in [2.05, 4.69) is 0 Å². The summed E-state index contributed by atoms with van der Waals surface area (Å²) in [6, 6.07) is 6.48. The number of ether oxygens (including phenoxy) is 1. The van der Waals surface area contributed by atoms with E-state index >= 15 is 0 Å². The summed E-state index contributed by atoms with van der Waals surface area (Å²) in [7, 11) is 3.63. The van der Waals surface area contributed by atoms with Gasteiger partial charge in [-0.05, 0) is 33.0 Å². The maximum Gasteiger partial charge on any atom is 0.236 e. The van der Waals surface area contributed by atoms with E-state index in [9.17, 15) is 9.18 Å². The van der Waals surface area contributed by atoms with Crippen LogP contribution in [-0.2, 0) is 4.79 Å². The molecule has 0 aromatic heterocycles. The second-order valence-corrected chi connectivity index (χ2v) is 5.12. The van der Waals surface area contributed by atoms with E-state index in [0.29, 0.717) is 19.7 Å². The van der Waals surface area contributed by atoms with E-state index < -0.39 is 0 Å². The van der Waals surface area contributed by atoms with Crippen molar-refractivity contribution >= 4 is 5.91 Å². The Labute approximate surface area is 120 Å². The third-order valence-corrected chi connectivity index (χ3v) is 3.14. The Balaban J connectivity index is 2.32. The van der Waals surface area contributed by atoms with E-state index in [1.165, 1.54) is 6.07 Å². The first-order chi connectivity index (χ1) is 9.41. The number of nitrogens with zero attached hydrogens (tertiary/aromatic N) is 2. The van der Waals surface area contributed by atoms with Crippen LogP contribution in [0.15, 0.2) is 24.3 Å². The van der Waals surface area contributed by atoms with Gasteiger partial charge in [-0.2, -0.15) is 0 Å². The standard InChI is InChI=1S/C15H23FN2O2/c1-12(2)18(4)15(19)11-17(3)9-10-20-14-8-6-5-7-13(14)16/h5-8,12H,9-11H2,1-4H3. The van der Waals surface area contributed by atoms with Crippen LogP contribution in [0, 0.1) is 5.82 Å². The lowest BCUT2D eigenvalue weighted by Gasteiger charge is -2.24. The highest BCUT2D eigenvalue weighted by Gasteiger charge is 2.14. The topological polar surface area (TPSA) is 32.8 Å². The van der Waals surface area contributed by atoms with Gasteiger partial charge in [0.15, 0.2) is 11.6 Å². The minimum atomic E-state index is -0.370. The molecule has 20 heavy (non-hydrogen) atoms. The average molecular weight is 282 g/mol. The Hall–Kier alpha value is -1.62. The molecular weight excluding hydrogens is 259 g/mol. The number of carbonyl (C=O) groups excluding carboxylic acids is 1. The van der Waals surface area contributed by atoms with Crippen LogP contribution < -0.4 is 4.74 Å². The first-order valence-corrected chi connectivity index (χ1v) is 6.73. The van der Waals surface area contributed by atoms with Crippen LogP contribution in [0.1, 0.15) is 13.8 Å². The number of halogens is 1. The van der Waals surface area contributed by atoms with Crippen molar-refractivity contribution in [2.45, 2.75) is 19.9 Å². The van der Waals surface area contributed by atoms with Crippen molar-refractivity contribution in [2.24, 2.45) is 0 Å². The SMILES string of the molecule is CC(C)N(C)C(=O)CN(C)CCOc1ccccc1F. The summed E-state index contributed by atoms with van der Waals surface area (Å²) in [6.07, 6.45) is 0. The summed E-state index contributed by atoms with van der Waals surface area (Å²) in [5, 5.41) is 0. The fourth-order valence-corrected chi connectivity index (χ4v) is 1.58. The van der Waals surface area contributed by atoms with Crippen LogP contribution in [-0.4, -0.2) is 55.5 Å². The molecule has 0 spiro atoms. The molecule has 1 amide bonds. The van der Waals surface area contributed by atoms with E-state index in [0.717, 1.165) is 0 Å². The van der Waals surface area contributed by atoms with Crippen molar-refractivity contribution in [2.75, 3.05) is 33.8 Å². The van der Waals surface area contributed by atoms with E-state index in [4.69, 9.17) is 4.74 Å². The zero-order valence-corrected chi connectivity index (χ0v) is 12.6. The molecule has 0 aliphatic rings. The first-order valence-electron chi connectivity index (χ1n) is 6.73. The molecule has 0 saturated heterocycles. The van der Waals surface area contributed by atoms with Gasteiger partial charge in [-0.1, -0.05) is 12.1 Å². The van der Waals surface area contributed by atoms with Gasteiger partial charge in [0.25, 0.3) is 0 Å². The smallest absolute Gasteiger partial charge is 0.236 e. The number of benzene rings is 1. The van der Waals surface area contributed by atoms with Gasteiger partial charge < -0.3 is 9.64 Å². The number of hydrogen-bond donors (Lipinski definition) is 0. The third-order valence-electron chi connectivity index (χ3n) is 3.14. The van der Waals surface area contributed by atoms with Crippen molar-refractivity contribution in [3.8, 4) is 5.75 Å². The molecule has 0 fully saturated rings. The molecule has 1 rings (SSSR count). The molecule has 0 aliphatic heterocycles. The summed E-state index contributed by atoms with van der Waals surface area (Å²) in [5.41, 5.74) is 0. The molecule has 1 aromatic carbocycles. The highest BCUT2D eigenvalue weighted by Crippen LogP contribution is 2.14. The lowest BCUT2D eigenvalue weighted by atomic mass is 10.3. The third kappa shape index (κ3) is 5.17. The first kappa shape index (κ1) is 16.4. The van der Waals surface area contributed by atoms with Crippen molar-refractivity contribution in [1.29, 1.82) is 0 Å². The summed E-state index contributed by atoms with van der Waals surface area (Å²) in [5.74, 6) is -0.0642. The summed E-state index contributed by atoms with van der Waals surface area (Å²) in [4.78, 5) is 15.4. The molecule has 0 N–H and O–H groups in total. The van der Waals surface area contributed by atoms with E-state index in [1.54, 1.807) is 30.1 Å². The summed E-state index contributed by atoms with van der Waals surface area (Å²) >= 11 is 0. The van der Waals surface area contributed by atoms with Gasteiger partial charge in [0, 0.05) is 19.6 Å². The Kier molecular flexibility index (Phi) is 6.45. The molecule has 0 saturated carbocycles. The van der Waals surface area contributed by atoms with Gasteiger partial charge in [0.2, 0.25) is 5.91 Å². The van der Waals surface area contributed by atoms with Crippen LogP contribution >= 0.6 is 0 Å². The predicted molar refractivity (Wildman–Crippen MR) is 77.3 cm³/mol. The zero-order chi connectivity index (χ0) is 15.1. The van der Waals surface area contributed by atoms with Gasteiger partial charge in [-0.25, -0.2) is 4.39 Å². The number of hydrogen-bond acceptors (Lipinski definition) is 3. The molecule has 112 valence electrons. The number of para-hydroxylation sites is 1. The number of rotatable bonds is 7. The molecule has 0 radical (unpaired) electrons. The number of amides is 1. The molecule has 4 nitrogen and oxygen atoms in total. The number of likely N-dealkylation sites (N-methyl/N-ethyl adjacent to an activating group) is 2. The fourth-order valence-electron chi connectivity index (χ4n) is 1.58. The molecule has 1 aromatic rings. The normalized spacial score (nSPS) is 10.9. The largest absolute Gasteiger partial charge is 0.489 e. The van der Waals surface area contributed by atoms with Gasteiger partial charge in [-0.3, -0.25) is 9.69 Å². The lowest BCUT2D eigenvalue weighted by molar-refractivity contribution is -0.132. The molecule has 0 atom stereocenters. The van der Waals surface area contributed by atoms with E-state index in [-0.39, 0.29) is 23.5 Å². The van der Waals surface area contributed by atoms with Gasteiger partial charge in [0.1, 0.15) is 6.61 Å². The van der Waals surface area contributed by atoms with Crippen LogP contribution in [0.5, 0.6) is 5.75 Å². The quantitative estimate of drug-likeness (QED) is 0.767. The van der Waals surface area contributed by atoms with Crippen molar-refractivity contribution in [1.82, 2.24) is 9.80 Å². The second kappa shape index (κ2) is 7.85. The lowest BCUT2D eigenvalue weighted by Crippen LogP contribution is -2.41. The fraction of sp³-hybridized carbons (Fsp3) is 0.533. The van der Waals surface area contributed by atoms with Crippen LogP contribution in [0.2, 0.25) is 0 Å². The van der Waals surface area contributed by atoms with E-state index in [1.807, 2.05) is 25.8 Å². The van der Waals surface area contributed by atoms with Crippen molar-refractivity contribution < 1.29 is 13.9 Å². The Bertz CT molecular complexity index is 438. The monoisotopic (exact) mass is 282 g/mol. The van der Waals surface area contributed by atoms with Gasteiger partial charge in [-0.15, -0.1) is 0 Å². The maximum absolute atomic E-state index is 13.3. The maximum atomic E-state index is 13.3. The summed E-state index contributed by atoms with van der Waals surface area (Å²) in [6.45, 7) is 5.18. The average Bonchev–Trinajstić information content (AvgIpc) is 2.39. The summed E-state index contributed by atoms with van der Waals surface area (Å²) < 4.78 is 18.7. The molecular formula is C15H23FN2O2. The van der Waals surface area contributed by atoms with Gasteiger partial charge >= 0.3 is 0 Å². The molecule has 5 heteroatoms. The molecule has 0 unspecified atom stereocenters. The minimum absolute atomic E-state index is 0.0633. The minimum Gasteiger partial charge on any atom is -0.489 e. The Morgan fingerprint density at radius 1 is 1.30 bits per heavy atom. The van der Waals surface area contributed by atoms with Crippen molar-refractivity contribution in [3.05, 3.63) is 30.1 Å². The zero-order valence-electron chi connectivity index (χ0n) is 12.6. The molecule has 0 bridgehead atoms. The van der Waals surface area contributed by atoms with Crippen molar-refractivity contribution in [3.63, 3.8) is 0 Å². The van der Waals surface area contributed by atoms with Crippen LogP contribution in [0.3, 0.4) is 0 Å². The van der Waals surface area contributed by atoms with Crippen LogP contribution in [0.25, 0.3) is 0 Å². The Morgan fingerprint density at radius 3 is 2.55 bits per heavy atom. The second-order valence-electron chi connectivity index (χ2n) is 5.12. The van der Waals surface area contributed by atoms with Gasteiger partial charge in [0.05, 0.1) is 6.54 Å². The molecule has 0 heterocycles. The number of carbonyl (C=O) groups is 1. The predicted octanol–water partition coefficient (Wildman–Crippen LogP) is 2.00. The highest BCUT2D eigenvalue weighted by atomic mass is 19.1. The highest BCUT2D eigenvalue weighted by molar-refractivity contribution is 5.78.